The number of carboxylic acid groups (broad SMARTS) is 3. The number of nitrogens with one attached hydrogen (secondary N) is 3. The molecular weight excluding hydrogens is 436 g/mol. The topological polar surface area (TPSA) is 225 Å². The van der Waals surface area contributed by atoms with Crippen LogP contribution < -0.4 is 21.7 Å². The van der Waals surface area contributed by atoms with E-state index in [4.69, 9.17) is 21.1 Å². The zero-order valence-corrected chi connectivity index (χ0v) is 17.9. The molecule has 0 aromatic carbocycles. The summed E-state index contributed by atoms with van der Waals surface area (Å²) in [7, 11) is 0. The number of aliphatic carboxylic acids is 3. The number of nitrogens with two attached hydrogens (primary N) is 1. The number of hydrogen-bond donors (Lipinski definition) is 8. The molecule has 13 nitrogen and oxygen atoms in total. The molecule has 0 radical (unpaired) electrons. The van der Waals surface area contributed by atoms with Crippen molar-refractivity contribution in [3.63, 3.8) is 0 Å². The minimum atomic E-state index is -1.62. The fourth-order valence-electron chi connectivity index (χ4n) is 2.31. The van der Waals surface area contributed by atoms with Crippen molar-refractivity contribution in [1.29, 1.82) is 0 Å². The Morgan fingerprint density at radius 2 is 1.35 bits per heavy atom. The van der Waals surface area contributed by atoms with Crippen LogP contribution in [0.25, 0.3) is 0 Å². The van der Waals surface area contributed by atoms with Crippen LogP contribution in [0.3, 0.4) is 0 Å². The Bertz CT molecular complexity index is 701. The second kappa shape index (κ2) is 13.4. The Morgan fingerprint density at radius 3 is 1.77 bits per heavy atom. The average Bonchev–Trinajstić information content (AvgIpc) is 2.66. The number of thiol groups is 1. The zero-order valence-electron chi connectivity index (χ0n) is 17.0. The van der Waals surface area contributed by atoms with Crippen LogP contribution in [0.2, 0.25) is 0 Å². The van der Waals surface area contributed by atoms with Gasteiger partial charge in [-0.3, -0.25) is 24.0 Å². The molecule has 4 atom stereocenters. The van der Waals surface area contributed by atoms with Gasteiger partial charge in [0.1, 0.15) is 18.1 Å². The lowest BCUT2D eigenvalue weighted by Crippen LogP contribution is -2.58. The molecule has 0 bridgehead atoms. The molecule has 0 rings (SSSR count). The first-order valence-electron chi connectivity index (χ1n) is 9.24. The van der Waals surface area contributed by atoms with E-state index in [0.29, 0.717) is 0 Å². The second-order valence-corrected chi connectivity index (χ2v) is 7.38. The standard InChI is InChI=1S/C17H28N4O9S/c1-7(2)13(17(29)30)21-15(27)9(5-12(24)25)19-16(28)10(6-31)20-14(26)8(18)3-4-11(22)23/h7-10,13,31H,3-6,18H2,1-2H3,(H,19,28)(H,20,26)(H,21,27)(H,22,23)(H,24,25)(H,29,30). The van der Waals surface area contributed by atoms with Crippen molar-refractivity contribution < 1.29 is 44.1 Å². The first-order valence-corrected chi connectivity index (χ1v) is 9.87. The molecule has 0 aromatic heterocycles. The Balaban J connectivity index is 5.23. The van der Waals surface area contributed by atoms with Gasteiger partial charge < -0.3 is 37.0 Å². The SMILES string of the molecule is CC(C)C(NC(=O)C(CC(=O)O)NC(=O)C(CS)NC(=O)C(N)CCC(=O)O)C(=O)O. The van der Waals surface area contributed by atoms with Crippen molar-refractivity contribution in [3.05, 3.63) is 0 Å². The second-order valence-electron chi connectivity index (χ2n) is 7.01. The molecule has 4 unspecified atom stereocenters. The fourth-order valence-corrected chi connectivity index (χ4v) is 2.56. The van der Waals surface area contributed by atoms with E-state index in [2.05, 4.69) is 28.6 Å². The van der Waals surface area contributed by atoms with E-state index >= 15 is 0 Å². The Morgan fingerprint density at radius 1 is 0.839 bits per heavy atom. The van der Waals surface area contributed by atoms with Crippen molar-refractivity contribution in [2.45, 2.75) is 57.3 Å². The van der Waals surface area contributed by atoms with Crippen molar-refractivity contribution in [2.75, 3.05) is 5.75 Å². The van der Waals surface area contributed by atoms with Gasteiger partial charge >= 0.3 is 17.9 Å². The smallest absolute Gasteiger partial charge is 0.326 e. The Hall–Kier alpha value is -2.87. The minimum Gasteiger partial charge on any atom is -0.481 e. The van der Waals surface area contributed by atoms with E-state index in [1.807, 2.05) is 0 Å². The first kappa shape index (κ1) is 28.1. The first-order chi connectivity index (χ1) is 14.3. The zero-order chi connectivity index (χ0) is 24.3. The summed E-state index contributed by atoms with van der Waals surface area (Å²) in [6.07, 6.45) is -1.39. The Kier molecular flexibility index (Phi) is 12.2. The van der Waals surface area contributed by atoms with Gasteiger partial charge in [0.05, 0.1) is 12.5 Å². The van der Waals surface area contributed by atoms with Gasteiger partial charge in [-0.25, -0.2) is 4.79 Å². The van der Waals surface area contributed by atoms with Gasteiger partial charge in [-0.05, 0) is 12.3 Å². The predicted molar refractivity (Wildman–Crippen MR) is 109 cm³/mol. The highest BCUT2D eigenvalue weighted by molar-refractivity contribution is 7.80. The van der Waals surface area contributed by atoms with Crippen LogP contribution in [0.15, 0.2) is 0 Å². The molecule has 0 saturated carbocycles. The molecule has 0 fully saturated rings. The summed E-state index contributed by atoms with van der Waals surface area (Å²) in [5.74, 6) is -7.49. The van der Waals surface area contributed by atoms with Gasteiger partial charge in [0, 0.05) is 12.2 Å². The molecule has 31 heavy (non-hydrogen) atoms. The summed E-state index contributed by atoms with van der Waals surface area (Å²) in [4.78, 5) is 69.8. The molecule has 0 aliphatic carbocycles. The molecule has 3 amide bonds. The van der Waals surface area contributed by atoms with Crippen LogP contribution in [0.5, 0.6) is 0 Å². The summed E-state index contributed by atoms with van der Waals surface area (Å²) >= 11 is 3.93. The van der Waals surface area contributed by atoms with E-state index in [1.165, 1.54) is 13.8 Å². The number of carbonyl (C=O) groups is 6. The molecule has 0 aliphatic heterocycles. The number of rotatable bonds is 14. The number of carbonyl (C=O) groups excluding carboxylic acids is 3. The largest absolute Gasteiger partial charge is 0.481 e. The van der Waals surface area contributed by atoms with E-state index in [-0.39, 0.29) is 18.6 Å². The van der Waals surface area contributed by atoms with Crippen LogP contribution in [0.1, 0.15) is 33.1 Å². The number of amides is 3. The van der Waals surface area contributed by atoms with Gasteiger partial charge in [-0.15, -0.1) is 0 Å². The van der Waals surface area contributed by atoms with E-state index in [0.717, 1.165) is 0 Å². The Labute approximate surface area is 183 Å². The maximum atomic E-state index is 12.4. The van der Waals surface area contributed by atoms with E-state index in [1.54, 1.807) is 0 Å². The number of hydrogen-bond acceptors (Lipinski definition) is 8. The van der Waals surface area contributed by atoms with E-state index in [9.17, 15) is 28.8 Å². The molecule has 8 N–H and O–H groups in total. The normalized spacial score (nSPS) is 14.6. The van der Waals surface area contributed by atoms with Gasteiger partial charge in [0.25, 0.3) is 0 Å². The van der Waals surface area contributed by atoms with Crippen molar-refractivity contribution >= 4 is 48.3 Å². The lowest BCUT2D eigenvalue weighted by molar-refractivity contribution is -0.144. The summed E-state index contributed by atoms with van der Waals surface area (Å²) in [5.41, 5.74) is 5.57. The molecule has 176 valence electrons. The lowest BCUT2D eigenvalue weighted by atomic mass is 10.0. The predicted octanol–water partition coefficient (Wildman–Crippen LogP) is -2.22. The maximum absolute atomic E-state index is 12.4. The van der Waals surface area contributed by atoms with E-state index < -0.39 is 72.1 Å². The van der Waals surface area contributed by atoms with Crippen LogP contribution in [0, 0.1) is 5.92 Å². The summed E-state index contributed by atoms with van der Waals surface area (Å²) in [6, 6.07) is -5.46. The number of carboxylic acids is 3. The quantitative estimate of drug-likeness (QED) is 0.129. The van der Waals surface area contributed by atoms with Gasteiger partial charge in [0.15, 0.2) is 0 Å². The molecular formula is C17H28N4O9S. The fraction of sp³-hybridized carbons (Fsp3) is 0.647. The monoisotopic (exact) mass is 464 g/mol. The summed E-state index contributed by atoms with van der Waals surface area (Å²) in [5, 5.41) is 33.4. The van der Waals surface area contributed by atoms with Crippen LogP contribution >= 0.6 is 12.6 Å². The van der Waals surface area contributed by atoms with Crippen molar-refractivity contribution in [3.8, 4) is 0 Å². The van der Waals surface area contributed by atoms with Crippen LogP contribution in [-0.4, -0.2) is 80.9 Å². The third kappa shape index (κ3) is 10.6. The third-order valence-electron chi connectivity index (χ3n) is 4.06. The van der Waals surface area contributed by atoms with Gasteiger partial charge in [-0.1, -0.05) is 13.8 Å². The molecule has 0 aliphatic rings. The highest BCUT2D eigenvalue weighted by Crippen LogP contribution is 2.04. The third-order valence-corrected chi connectivity index (χ3v) is 4.43. The minimum absolute atomic E-state index is 0.183. The molecule has 0 saturated heterocycles. The summed E-state index contributed by atoms with van der Waals surface area (Å²) in [6.45, 7) is 3.06. The van der Waals surface area contributed by atoms with Gasteiger partial charge in [0.2, 0.25) is 17.7 Å². The average molecular weight is 464 g/mol. The highest BCUT2D eigenvalue weighted by atomic mass is 32.1. The molecule has 0 heterocycles. The molecule has 14 heteroatoms. The summed E-state index contributed by atoms with van der Waals surface area (Å²) < 4.78 is 0. The lowest BCUT2D eigenvalue weighted by Gasteiger charge is -2.24. The van der Waals surface area contributed by atoms with Crippen molar-refractivity contribution in [1.82, 2.24) is 16.0 Å². The van der Waals surface area contributed by atoms with Crippen LogP contribution in [0.4, 0.5) is 0 Å². The van der Waals surface area contributed by atoms with Gasteiger partial charge in [-0.2, -0.15) is 12.6 Å². The maximum Gasteiger partial charge on any atom is 0.326 e. The van der Waals surface area contributed by atoms with Crippen LogP contribution in [-0.2, 0) is 28.8 Å². The molecule has 0 aromatic rings. The van der Waals surface area contributed by atoms with Crippen molar-refractivity contribution in [2.24, 2.45) is 11.7 Å². The highest BCUT2D eigenvalue weighted by Gasteiger charge is 2.32. The molecule has 0 spiro atoms.